The van der Waals surface area contributed by atoms with Gasteiger partial charge in [-0.3, -0.25) is 0 Å². The monoisotopic (exact) mass is 387 g/mol. The standard InChI is InChI=1S/C17H20F3NO2.2C2H6/c1-16(2,3)6-5-11-7-14(17(18,19)20)15(10-21-11)23-13-8-12(9-13)22-4;2*1-2/h7,10,12-13H,8-9H2,1-4H3;2*1-2H3. The molecule has 154 valence electrons. The molecule has 1 fully saturated rings. The molecule has 0 atom stereocenters. The van der Waals surface area contributed by atoms with E-state index in [-0.39, 0.29) is 29.1 Å². The Labute approximate surface area is 161 Å². The second kappa shape index (κ2) is 11.2. The van der Waals surface area contributed by atoms with E-state index in [1.807, 2.05) is 48.5 Å². The highest BCUT2D eigenvalue weighted by atomic mass is 19.4. The summed E-state index contributed by atoms with van der Waals surface area (Å²) in [6.07, 6.45) is -2.46. The number of halogens is 3. The maximum absolute atomic E-state index is 13.2. The number of rotatable bonds is 3. The van der Waals surface area contributed by atoms with Gasteiger partial charge < -0.3 is 9.47 Å². The first kappa shape index (κ1) is 25.3. The van der Waals surface area contributed by atoms with Gasteiger partial charge in [-0.1, -0.05) is 33.6 Å². The molecular weight excluding hydrogens is 355 g/mol. The Morgan fingerprint density at radius 1 is 1.04 bits per heavy atom. The summed E-state index contributed by atoms with van der Waals surface area (Å²) in [5.74, 6) is 5.31. The molecule has 0 amide bonds. The molecule has 0 radical (unpaired) electrons. The van der Waals surface area contributed by atoms with E-state index < -0.39 is 11.7 Å². The Hall–Kier alpha value is -1.74. The summed E-state index contributed by atoms with van der Waals surface area (Å²) < 4.78 is 50.2. The van der Waals surface area contributed by atoms with Gasteiger partial charge in [0.15, 0.2) is 0 Å². The lowest BCUT2D eigenvalue weighted by Crippen LogP contribution is -2.39. The van der Waals surface area contributed by atoms with Gasteiger partial charge >= 0.3 is 6.18 Å². The van der Waals surface area contributed by atoms with E-state index in [0.717, 1.165) is 12.3 Å². The molecule has 1 aromatic rings. The minimum atomic E-state index is -4.51. The van der Waals surface area contributed by atoms with Crippen molar-refractivity contribution in [2.75, 3.05) is 7.11 Å². The molecule has 1 aliphatic rings. The van der Waals surface area contributed by atoms with Crippen LogP contribution in [-0.4, -0.2) is 24.3 Å². The zero-order chi connectivity index (χ0) is 21.3. The van der Waals surface area contributed by atoms with E-state index in [1.165, 1.54) is 0 Å². The summed E-state index contributed by atoms with van der Waals surface area (Å²) in [5, 5.41) is 0. The number of hydrogen-bond acceptors (Lipinski definition) is 3. The van der Waals surface area contributed by atoms with E-state index in [1.54, 1.807) is 7.11 Å². The second-order valence-electron chi connectivity index (χ2n) is 6.63. The van der Waals surface area contributed by atoms with Crippen LogP contribution in [0.25, 0.3) is 0 Å². The molecule has 0 N–H and O–H groups in total. The molecule has 0 aromatic carbocycles. The highest BCUT2D eigenvalue weighted by molar-refractivity contribution is 5.41. The fourth-order valence-corrected chi connectivity index (χ4v) is 2.06. The molecule has 0 bridgehead atoms. The van der Waals surface area contributed by atoms with Crippen LogP contribution >= 0.6 is 0 Å². The fourth-order valence-electron chi connectivity index (χ4n) is 2.06. The van der Waals surface area contributed by atoms with Crippen LogP contribution in [0.2, 0.25) is 0 Å². The Morgan fingerprint density at radius 3 is 2.04 bits per heavy atom. The number of methoxy groups -OCH3 is 1. The molecule has 27 heavy (non-hydrogen) atoms. The summed E-state index contributed by atoms with van der Waals surface area (Å²) in [4.78, 5) is 3.98. The van der Waals surface area contributed by atoms with E-state index in [0.29, 0.717) is 12.8 Å². The summed E-state index contributed by atoms with van der Waals surface area (Å²) in [7, 11) is 1.58. The normalized spacial score (nSPS) is 18.5. The third-order valence-electron chi connectivity index (χ3n) is 3.42. The SMILES string of the molecule is CC.CC.COC1CC(Oc2cnc(C#CC(C)(C)C)cc2C(F)(F)F)C1. The third kappa shape index (κ3) is 8.66. The molecule has 6 heteroatoms. The van der Waals surface area contributed by atoms with Gasteiger partial charge in [0, 0.05) is 25.4 Å². The minimum absolute atomic E-state index is 0.0548. The van der Waals surface area contributed by atoms with Crippen LogP contribution in [0.3, 0.4) is 0 Å². The number of pyridine rings is 1. The van der Waals surface area contributed by atoms with Crippen molar-refractivity contribution in [1.82, 2.24) is 4.98 Å². The number of ether oxygens (including phenoxy) is 2. The molecule has 1 saturated carbocycles. The Bertz CT molecular complexity index is 619. The van der Waals surface area contributed by atoms with E-state index in [2.05, 4.69) is 16.8 Å². The van der Waals surface area contributed by atoms with Crippen LogP contribution in [0.15, 0.2) is 12.3 Å². The predicted molar refractivity (Wildman–Crippen MR) is 103 cm³/mol. The number of aromatic nitrogens is 1. The first-order valence-electron chi connectivity index (χ1n) is 9.38. The van der Waals surface area contributed by atoms with Crippen molar-refractivity contribution in [3.05, 3.63) is 23.5 Å². The van der Waals surface area contributed by atoms with Gasteiger partial charge in [0.1, 0.15) is 23.1 Å². The third-order valence-corrected chi connectivity index (χ3v) is 3.42. The van der Waals surface area contributed by atoms with Gasteiger partial charge in [0.25, 0.3) is 0 Å². The van der Waals surface area contributed by atoms with E-state index >= 15 is 0 Å². The molecule has 0 saturated heterocycles. The fraction of sp³-hybridized carbons (Fsp3) is 0.667. The molecule has 1 heterocycles. The minimum Gasteiger partial charge on any atom is -0.488 e. The zero-order valence-electron chi connectivity index (χ0n) is 17.6. The zero-order valence-corrected chi connectivity index (χ0v) is 17.6. The molecule has 3 nitrogen and oxygen atoms in total. The summed E-state index contributed by atoms with van der Waals surface area (Å²) in [6.45, 7) is 13.6. The van der Waals surface area contributed by atoms with Crippen molar-refractivity contribution in [2.24, 2.45) is 5.41 Å². The predicted octanol–water partition coefficient (Wildman–Crippen LogP) is 6.11. The molecule has 0 unspecified atom stereocenters. The van der Waals surface area contributed by atoms with Crippen molar-refractivity contribution in [3.63, 3.8) is 0 Å². The Kier molecular flexibility index (Phi) is 10.5. The largest absolute Gasteiger partial charge is 0.488 e. The lowest BCUT2D eigenvalue weighted by Gasteiger charge is -2.34. The van der Waals surface area contributed by atoms with Crippen LogP contribution in [0.5, 0.6) is 5.75 Å². The second-order valence-corrected chi connectivity index (χ2v) is 6.63. The van der Waals surface area contributed by atoms with Crippen molar-refractivity contribution in [1.29, 1.82) is 0 Å². The van der Waals surface area contributed by atoms with Gasteiger partial charge in [-0.15, -0.1) is 0 Å². The summed E-state index contributed by atoms with van der Waals surface area (Å²) in [6, 6.07) is 0.945. The van der Waals surface area contributed by atoms with Crippen molar-refractivity contribution in [3.8, 4) is 17.6 Å². The first-order chi connectivity index (χ1) is 12.6. The highest BCUT2D eigenvalue weighted by Crippen LogP contribution is 2.38. The number of alkyl halides is 3. The average Bonchev–Trinajstić information content (AvgIpc) is 2.58. The first-order valence-corrected chi connectivity index (χ1v) is 9.38. The van der Waals surface area contributed by atoms with Gasteiger partial charge in [0.2, 0.25) is 0 Å². The maximum Gasteiger partial charge on any atom is 0.420 e. The quantitative estimate of drug-likeness (QED) is 0.587. The van der Waals surface area contributed by atoms with Gasteiger partial charge in [-0.05, 0) is 32.8 Å². The van der Waals surface area contributed by atoms with Crippen LogP contribution in [0.4, 0.5) is 13.2 Å². The summed E-state index contributed by atoms with van der Waals surface area (Å²) in [5.41, 5.74) is -1.06. The van der Waals surface area contributed by atoms with Crippen molar-refractivity contribution >= 4 is 0 Å². The lowest BCUT2D eigenvalue weighted by atomic mass is 9.92. The van der Waals surface area contributed by atoms with Gasteiger partial charge in [0.05, 0.1) is 12.3 Å². The molecule has 0 spiro atoms. The summed E-state index contributed by atoms with van der Waals surface area (Å²) >= 11 is 0. The number of hydrogen-bond donors (Lipinski definition) is 0. The van der Waals surface area contributed by atoms with Gasteiger partial charge in [-0.2, -0.15) is 13.2 Å². The Morgan fingerprint density at radius 2 is 1.59 bits per heavy atom. The van der Waals surface area contributed by atoms with Crippen molar-refractivity contribution in [2.45, 2.75) is 79.7 Å². The van der Waals surface area contributed by atoms with E-state index in [9.17, 15) is 13.2 Å². The topological polar surface area (TPSA) is 31.4 Å². The molecule has 1 aliphatic carbocycles. The average molecular weight is 387 g/mol. The van der Waals surface area contributed by atoms with Crippen LogP contribution in [-0.2, 0) is 10.9 Å². The van der Waals surface area contributed by atoms with Crippen LogP contribution in [0.1, 0.15) is 72.6 Å². The highest BCUT2D eigenvalue weighted by Gasteiger charge is 2.38. The van der Waals surface area contributed by atoms with E-state index in [4.69, 9.17) is 9.47 Å². The van der Waals surface area contributed by atoms with Gasteiger partial charge in [-0.25, -0.2) is 4.98 Å². The lowest BCUT2D eigenvalue weighted by molar-refractivity contribution is -0.140. The van der Waals surface area contributed by atoms with Crippen LogP contribution in [0, 0.1) is 17.3 Å². The van der Waals surface area contributed by atoms with Crippen LogP contribution < -0.4 is 4.74 Å². The molecular formula is C21H32F3NO2. The van der Waals surface area contributed by atoms with Crippen molar-refractivity contribution < 1.29 is 22.6 Å². The molecule has 1 aromatic heterocycles. The molecule has 0 aliphatic heterocycles. The number of nitrogens with zero attached hydrogens (tertiary/aromatic N) is 1. The smallest absolute Gasteiger partial charge is 0.420 e. The Balaban J connectivity index is 0.00000158. The maximum atomic E-state index is 13.2. The molecule has 2 rings (SSSR count).